The van der Waals surface area contributed by atoms with Gasteiger partial charge in [-0.25, -0.2) is 0 Å². The molecule has 1 fully saturated rings. The van der Waals surface area contributed by atoms with E-state index >= 15 is 0 Å². The van der Waals surface area contributed by atoms with Crippen LogP contribution in [-0.4, -0.2) is 22.9 Å². The van der Waals surface area contributed by atoms with Crippen molar-refractivity contribution in [2.24, 2.45) is 5.92 Å². The standard InChI is InChI=1S/C8H14O2/c1-6-2-3-7(5-9)4-8(6)10/h7-10H,1-5H2. The van der Waals surface area contributed by atoms with E-state index in [0.29, 0.717) is 12.3 Å². The topological polar surface area (TPSA) is 40.5 Å². The van der Waals surface area contributed by atoms with Gasteiger partial charge in [0.2, 0.25) is 0 Å². The van der Waals surface area contributed by atoms with Gasteiger partial charge in [0, 0.05) is 6.61 Å². The first-order valence-electron chi connectivity index (χ1n) is 3.70. The highest BCUT2D eigenvalue weighted by atomic mass is 16.3. The molecular weight excluding hydrogens is 128 g/mol. The van der Waals surface area contributed by atoms with Crippen molar-refractivity contribution >= 4 is 0 Å². The Morgan fingerprint density at radius 3 is 2.80 bits per heavy atom. The Bertz CT molecular complexity index is 131. The summed E-state index contributed by atoms with van der Waals surface area (Å²) in [7, 11) is 0. The molecule has 0 spiro atoms. The fraction of sp³-hybridized carbons (Fsp3) is 0.750. The number of hydrogen-bond donors (Lipinski definition) is 2. The minimum atomic E-state index is -0.370. The second-order valence-electron chi connectivity index (χ2n) is 3.00. The van der Waals surface area contributed by atoms with E-state index in [1.807, 2.05) is 0 Å². The number of rotatable bonds is 1. The van der Waals surface area contributed by atoms with Gasteiger partial charge in [0.15, 0.2) is 0 Å². The maximum atomic E-state index is 9.27. The molecule has 0 radical (unpaired) electrons. The van der Waals surface area contributed by atoms with Crippen LogP contribution in [0.2, 0.25) is 0 Å². The van der Waals surface area contributed by atoms with Gasteiger partial charge in [0.25, 0.3) is 0 Å². The van der Waals surface area contributed by atoms with Gasteiger partial charge < -0.3 is 10.2 Å². The van der Waals surface area contributed by atoms with Crippen LogP contribution < -0.4 is 0 Å². The summed E-state index contributed by atoms with van der Waals surface area (Å²) in [5.74, 6) is 0.292. The maximum absolute atomic E-state index is 9.27. The summed E-state index contributed by atoms with van der Waals surface area (Å²) in [4.78, 5) is 0. The van der Waals surface area contributed by atoms with Crippen molar-refractivity contribution in [3.63, 3.8) is 0 Å². The monoisotopic (exact) mass is 142 g/mol. The molecule has 10 heavy (non-hydrogen) atoms. The second-order valence-corrected chi connectivity index (χ2v) is 3.00. The zero-order valence-electron chi connectivity index (χ0n) is 6.08. The molecule has 1 saturated carbocycles. The lowest BCUT2D eigenvalue weighted by atomic mass is 9.85. The van der Waals surface area contributed by atoms with E-state index in [9.17, 15) is 5.11 Å². The normalized spacial score (nSPS) is 34.4. The highest BCUT2D eigenvalue weighted by Crippen LogP contribution is 2.26. The predicted octanol–water partition coefficient (Wildman–Crippen LogP) is 0.696. The molecule has 2 unspecified atom stereocenters. The van der Waals surface area contributed by atoms with Gasteiger partial charge in [-0.3, -0.25) is 0 Å². The van der Waals surface area contributed by atoms with E-state index in [-0.39, 0.29) is 12.7 Å². The average Bonchev–Trinajstić information content (AvgIpc) is 1.95. The first-order chi connectivity index (χ1) is 4.74. The summed E-state index contributed by atoms with van der Waals surface area (Å²) in [5, 5.41) is 18.0. The second kappa shape index (κ2) is 3.17. The number of hydrogen-bond acceptors (Lipinski definition) is 2. The van der Waals surface area contributed by atoms with Gasteiger partial charge in [0.05, 0.1) is 6.10 Å². The molecule has 2 heteroatoms. The van der Waals surface area contributed by atoms with Crippen molar-refractivity contribution in [3.05, 3.63) is 12.2 Å². The van der Waals surface area contributed by atoms with Crippen molar-refractivity contribution in [2.75, 3.05) is 6.61 Å². The zero-order chi connectivity index (χ0) is 7.56. The highest BCUT2D eigenvalue weighted by Gasteiger charge is 2.21. The molecular formula is C8H14O2. The lowest BCUT2D eigenvalue weighted by Gasteiger charge is -2.25. The summed E-state index contributed by atoms with van der Waals surface area (Å²) >= 11 is 0. The van der Waals surface area contributed by atoms with Gasteiger partial charge in [-0.05, 0) is 30.8 Å². The Morgan fingerprint density at radius 1 is 1.60 bits per heavy atom. The van der Waals surface area contributed by atoms with Crippen molar-refractivity contribution in [2.45, 2.75) is 25.4 Å². The number of aliphatic hydroxyl groups excluding tert-OH is 2. The molecule has 2 nitrogen and oxygen atoms in total. The molecule has 2 atom stereocenters. The largest absolute Gasteiger partial charge is 0.396 e. The van der Waals surface area contributed by atoms with E-state index in [1.54, 1.807) is 0 Å². The van der Waals surface area contributed by atoms with Crippen LogP contribution in [-0.2, 0) is 0 Å². The van der Waals surface area contributed by atoms with Crippen LogP contribution in [0.4, 0.5) is 0 Å². The molecule has 0 heterocycles. The Kier molecular flexibility index (Phi) is 2.46. The molecule has 1 aliphatic carbocycles. The SMILES string of the molecule is C=C1CCC(CO)CC1O. The Labute approximate surface area is 61.2 Å². The quantitative estimate of drug-likeness (QED) is 0.529. The fourth-order valence-corrected chi connectivity index (χ4v) is 1.32. The third-order valence-corrected chi connectivity index (χ3v) is 2.16. The van der Waals surface area contributed by atoms with Crippen molar-refractivity contribution in [1.29, 1.82) is 0 Å². The number of aliphatic hydroxyl groups is 2. The molecule has 1 aliphatic rings. The van der Waals surface area contributed by atoms with Gasteiger partial charge in [-0.1, -0.05) is 6.58 Å². The summed E-state index contributed by atoms with van der Waals surface area (Å²) in [6.45, 7) is 3.93. The molecule has 0 aromatic carbocycles. The third-order valence-electron chi connectivity index (χ3n) is 2.16. The molecule has 0 aliphatic heterocycles. The summed E-state index contributed by atoms with van der Waals surface area (Å²) in [5.41, 5.74) is 0.921. The van der Waals surface area contributed by atoms with Gasteiger partial charge in [0.1, 0.15) is 0 Å². The first-order valence-corrected chi connectivity index (χ1v) is 3.70. The smallest absolute Gasteiger partial charge is 0.0751 e. The molecule has 1 rings (SSSR count). The maximum Gasteiger partial charge on any atom is 0.0751 e. The minimum absolute atomic E-state index is 0.199. The molecule has 0 aromatic heterocycles. The molecule has 0 amide bonds. The van der Waals surface area contributed by atoms with E-state index in [0.717, 1.165) is 18.4 Å². The zero-order valence-corrected chi connectivity index (χ0v) is 6.08. The predicted molar refractivity (Wildman–Crippen MR) is 39.6 cm³/mol. The first kappa shape index (κ1) is 7.76. The van der Waals surface area contributed by atoms with E-state index < -0.39 is 0 Å². The van der Waals surface area contributed by atoms with Crippen molar-refractivity contribution in [3.8, 4) is 0 Å². The highest BCUT2D eigenvalue weighted by molar-refractivity contribution is 5.05. The van der Waals surface area contributed by atoms with Crippen LogP contribution in [0.15, 0.2) is 12.2 Å². The minimum Gasteiger partial charge on any atom is -0.396 e. The van der Waals surface area contributed by atoms with E-state index in [1.165, 1.54) is 0 Å². The fourth-order valence-electron chi connectivity index (χ4n) is 1.32. The van der Waals surface area contributed by atoms with Crippen LogP contribution in [0.1, 0.15) is 19.3 Å². The summed E-state index contributed by atoms with van der Waals surface area (Å²) in [6.07, 6.45) is 2.17. The average molecular weight is 142 g/mol. The molecule has 0 aromatic rings. The van der Waals surface area contributed by atoms with Gasteiger partial charge in [-0.2, -0.15) is 0 Å². The van der Waals surface area contributed by atoms with Crippen LogP contribution >= 0.6 is 0 Å². The lowest BCUT2D eigenvalue weighted by molar-refractivity contribution is 0.113. The lowest BCUT2D eigenvalue weighted by Crippen LogP contribution is -2.23. The van der Waals surface area contributed by atoms with Crippen LogP contribution in [0.5, 0.6) is 0 Å². The molecule has 58 valence electrons. The van der Waals surface area contributed by atoms with Crippen molar-refractivity contribution in [1.82, 2.24) is 0 Å². The van der Waals surface area contributed by atoms with Crippen molar-refractivity contribution < 1.29 is 10.2 Å². The Hall–Kier alpha value is -0.340. The van der Waals surface area contributed by atoms with Crippen LogP contribution in [0, 0.1) is 5.92 Å². The van der Waals surface area contributed by atoms with Gasteiger partial charge >= 0.3 is 0 Å². The molecule has 0 saturated heterocycles. The summed E-state index contributed by atoms with van der Waals surface area (Å²) < 4.78 is 0. The van der Waals surface area contributed by atoms with E-state index in [4.69, 9.17) is 5.11 Å². The third kappa shape index (κ3) is 1.58. The van der Waals surface area contributed by atoms with Crippen LogP contribution in [0.25, 0.3) is 0 Å². The van der Waals surface area contributed by atoms with E-state index in [2.05, 4.69) is 6.58 Å². The van der Waals surface area contributed by atoms with Crippen LogP contribution in [0.3, 0.4) is 0 Å². The molecule has 0 bridgehead atoms. The van der Waals surface area contributed by atoms with Gasteiger partial charge in [-0.15, -0.1) is 0 Å². The summed E-state index contributed by atoms with van der Waals surface area (Å²) in [6, 6.07) is 0. The molecule has 2 N–H and O–H groups in total. The Morgan fingerprint density at radius 2 is 2.30 bits per heavy atom. The Balaban J connectivity index is 2.40.